The molecular weight excluding hydrogens is 270 g/mol. The van der Waals surface area contributed by atoms with Crippen molar-refractivity contribution in [3.8, 4) is 0 Å². The first-order chi connectivity index (χ1) is 10.1. The van der Waals surface area contributed by atoms with E-state index in [1.165, 1.54) is 0 Å². The minimum absolute atomic E-state index is 0.105. The lowest BCUT2D eigenvalue weighted by atomic mass is 9.97. The molecule has 1 amide bonds. The van der Waals surface area contributed by atoms with E-state index in [0.717, 1.165) is 19.4 Å². The van der Waals surface area contributed by atoms with Crippen molar-refractivity contribution in [2.24, 2.45) is 0 Å². The van der Waals surface area contributed by atoms with E-state index in [1.54, 1.807) is 19.4 Å². The molecule has 0 saturated carbocycles. The Labute approximate surface area is 123 Å². The van der Waals surface area contributed by atoms with Crippen molar-refractivity contribution in [3.05, 3.63) is 30.4 Å². The third kappa shape index (κ3) is 2.81. The van der Waals surface area contributed by atoms with Crippen LogP contribution in [0.15, 0.2) is 23.2 Å². The zero-order chi connectivity index (χ0) is 14.8. The van der Waals surface area contributed by atoms with E-state index < -0.39 is 0 Å². The molecule has 7 nitrogen and oxygen atoms in total. The van der Waals surface area contributed by atoms with Crippen LogP contribution in [-0.2, 0) is 4.79 Å². The van der Waals surface area contributed by atoms with E-state index in [4.69, 9.17) is 4.52 Å². The predicted octanol–water partition coefficient (Wildman–Crippen LogP) is 1.54. The van der Waals surface area contributed by atoms with Gasteiger partial charge in [-0.15, -0.1) is 0 Å². The van der Waals surface area contributed by atoms with Gasteiger partial charge in [-0.05, 0) is 26.7 Å². The molecule has 112 valence electrons. The maximum absolute atomic E-state index is 12.6. The smallest absolute Gasteiger partial charge is 0.245 e. The van der Waals surface area contributed by atoms with Gasteiger partial charge in [-0.2, -0.15) is 4.98 Å². The van der Waals surface area contributed by atoms with Crippen molar-refractivity contribution < 1.29 is 9.32 Å². The van der Waals surface area contributed by atoms with Gasteiger partial charge in [0.1, 0.15) is 6.04 Å². The van der Waals surface area contributed by atoms with Gasteiger partial charge < -0.3 is 14.0 Å². The Balaban J connectivity index is 1.69. The summed E-state index contributed by atoms with van der Waals surface area (Å²) in [6, 6.07) is -0.240. The van der Waals surface area contributed by atoms with Crippen molar-refractivity contribution in [3.63, 3.8) is 0 Å². The number of nitrogens with zero attached hydrogens (tertiary/aromatic N) is 5. The van der Waals surface area contributed by atoms with Crippen molar-refractivity contribution in [1.82, 2.24) is 24.6 Å². The Morgan fingerprint density at radius 2 is 2.38 bits per heavy atom. The van der Waals surface area contributed by atoms with Crippen LogP contribution in [-0.4, -0.2) is 43.6 Å². The number of aromatic nitrogens is 4. The number of aryl methyl sites for hydroxylation is 1. The SMILES string of the molecule is Cc1noc([C@H]2CCCN(C(=O)[C@H](C)n3ccnc3)C2)n1. The third-order valence-corrected chi connectivity index (χ3v) is 3.96. The first kappa shape index (κ1) is 13.8. The Bertz CT molecular complexity index is 607. The van der Waals surface area contributed by atoms with E-state index in [0.29, 0.717) is 18.3 Å². The average Bonchev–Trinajstić information content (AvgIpc) is 3.17. The van der Waals surface area contributed by atoms with Crippen molar-refractivity contribution in [1.29, 1.82) is 0 Å². The monoisotopic (exact) mass is 289 g/mol. The second-order valence-corrected chi connectivity index (χ2v) is 5.49. The van der Waals surface area contributed by atoms with E-state index in [-0.39, 0.29) is 17.9 Å². The quantitative estimate of drug-likeness (QED) is 0.856. The topological polar surface area (TPSA) is 77.0 Å². The van der Waals surface area contributed by atoms with Crippen LogP contribution in [0.2, 0.25) is 0 Å². The highest BCUT2D eigenvalue weighted by molar-refractivity contribution is 5.80. The molecule has 2 aromatic heterocycles. The highest BCUT2D eigenvalue weighted by atomic mass is 16.5. The summed E-state index contributed by atoms with van der Waals surface area (Å²) in [5, 5.41) is 3.84. The second kappa shape index (κ2) is 5.67. The molecule has 0 aromatic carbocycles. The lowest BCUT2D eigenvalue weighted by Crippen LogP contribution is -2.42. The van der Waals surface area contributed by atoms with Crippen molar-refractivity contribution in [2.75, 3.05) is 13.1 Å². The van der Waals surface area contributed by atoms with Gasteiger partial charge in [-0.25, -0.2) is 4.98 Å². The molecule has 0 radical (unpaired) electrons. The fourth-order valence-corrected chi connectivity index (χ4v) is 2.75. The Hall–Kier alpha value is -2.18. The van der Waals surface area contributed by atoms with E-state index >= 15 is 0 Å². The molecule has 3 rings (SSSR count). The standard InChI is InChI=1S/C14H19N5O2/c1-10(19-7-5-15-9-19)14(20)18-6-3-4-12(8-18)13-16-11(2)17-21-13/h5,7,9-10,12H,3-4,6,8H2,1-2H3/t10-,12-/m0/s1. The highest BCUT2D eigenvalue weighted by Gasteiger charge is 2.30. The molecule has 0 spiro atoms. The molecule has 7 heteroatoms. The maximum atomic E-state index is 12.6. The molecule has 2 atom stereocenters. The zero-order valence-electron chi connectivity index (χ0n) is 12.3. The molecule has 0 unspecified atom stereocenters. The van der Waals surface area contributed by atoms with Crippen LogP contribution in [0.25, 0.3) is 0 Å². The lowest BCUT2D eigenvalue weighted by molar-refractivity contribution is -0.135. The van der Waals surface area contributed by atoms with E-state index in [1.807, 2.05) is 22.6 Å². The van der Waals surface area contributed by atoms with Crippen LogP contribution in [0.1, 0.15) is 43.4 Å². The van der Waals surface area contributed by atoms with Gasteiger partial charge >= 0.3 is 0 Å². The molecule has 0 N–H and O–H groups in total. The van der Waals surface area contributed by atoms with Gasteiger partial charge in [0.2, 0.25) is 11.8 Å². The van der Waals surface area contributed by atoms with Crippen LogP contribution in [0.4, 0.5) is 0 Å². The fraction of sp³-hybridized carbons (Fsp3) is 0.571. The van der Waals surface area contributed by atoms with Gasteiger partial charge in [-0.3, -0.25) is 4.79 Å². The molecule has 2 aromatic rings. The summed E-state index contributed by atoms with van der Waals surface area (Å²) in [4.78, 5) is 22.8. The average molecular weight is 289 g/mol. The highest BCUT2D eigenvalue weighted by Crippen LogP contribution is 2.27. The number of hydrogen-bond acceptors (Lipinski definition) is 5. The first-order valence-electron chi connectivity index (χ1n) is 7.21. The number of imidazole rings is 1. The molecule has 1 aliphatic rings. The number of amides is 1. The Kier molecular flexibility index (Phi) is 3.72. The van der Waals surface area contributed by atoms with E-state index in [2.05, 4.69) is 15.1 Å². The molecule has 0 bridgehead atoms. The van der Waals surface area contributed by atoms with Gasteiger partial charge in [-0.1, -0.05) is 5.16 Å². The van der Waals surface area contributed by atoms with Crippen LogP contribution in [0.5, 0.6) is 0 Å². The molecule has 0 aliphatic carbocycles. The summed E-state index contributed by atoms with van der Waals surface area (Å²) in [6.07, 6.45) is 7.10. The van der Waals surface area contributed by atoms with Crippen LogP contribution >= 0.6 is 0 Å². The molecule has 1 aliphatic heterocycles. The number of carbonyl (C=O) groups excluding carboxylic acids is 1. The Morgan fingerprint density at radius 3 is 3.05 bits per heavy atom. The Morgan fingerprint density at radius 1 is 1.52 bits per heavy atom. The molecular formula is C14H19N5O2. The van der Waals surface area contributed by atoms with Crippen LogP contribution < -0.4 is 0 Å². The minimum Gasteiger partial charge on any atom is -0.340 e. The van der Waals surface area contributed by atoms with Gasteiger partial charge in [0.25, 0.3) is 0 Å². The van der Waals surface area contributed by atoms with E-state index in [9.17, 15) is 4.79 Å². The first-order valence-corrected chi connectivity index (χ1v) is 7.21. The molecule has 21 heavy (non-hydrogen) atoms. The van der Waals surface area contributed by atoms with Crippen LogP contribution in [0, 0.1) is 6.92 Å². The fourth-order valence-electron chi connectivity index (χ4n) is 2.75. The third-order valence-electron chi connectivity index (χ3n) is 3.96. The van der Waals surface area contributed by atoms with Gasteiger partial charge in [0.05, 0.1) is 12.2 Å². The number of likely N-dealkylation sites (tertiary alicyclic amines) is 1. The molecule has 1 fully saturated rings. The van der Waals surface area contributed by atoms with Crippen molar-refractivity contribution >= 4 is 5.91 Å². The largest absolute Gasteiger partial charge is 0.340 e. The molecule has 1 saturated heterocycles. The molecule has 3 heterocycles. The van der Waals surface area contributed by atoms with Crippen molar-refractivity contribution in [2.45, 2.75) is 38.6 Å². The summed E-state index contributed by atoms with van der Waals surface area (Å²) in [6.45, 7) is 5.12. The lowest BCUT2D eigenvalue weighted by Gasteiger charge is -2.33. The van der Waals surface area contributed by atoms with Crippen LogP contribution in [0.3, 0.4) is 0 Å². The second-order valence-electron chi connectivity index (χ2n) is 5.49. The summed E-state index contributed by atoms with van der Waals surface area (Å²) in [7, 11) is 0. The number of hydrogen-bond donors (Lipinski definition) is 0. The summed E-state index contributed by atoms with van der Waals surface area (Å²) < 4.78 is 7.07. The summed E-state index contributed by atoms with van der Waals surface area (Å²) in [5.74, 6) is 1.52. The zero-order valence-corrected chi connectivity index (χ0v) is 12.3. The summed E-state index contributed by atoms with van der Waals surface area (Å²) in [5.41, 5.74) is 0. The predicted molar refractivity (Wildman–Crippen MR) is 74.5 cm³/mol. The van der Waals surface area contributed by atoms with Gasteiger partial charge in [0.15, 0.2) is 5.82 Å². The normalized spacial score (nSPS) is 20.5. The minimum atomic E-state index is -0.240. The number of carbonyl (C=O) groups is 1. The summed E-state index contributed by atoms with van der Waals surface area (Å²) >= 11 is 0. The maximum Gasteiger partial charge on any atom is 0.245 e. The number of piperidine rings is 1. The van der Waals surface area contributed by atoms with Gasteiger partial charge in [0, 0.05) is 25.5 Å². The number of rotatable bonds is 3.